The van der Waals surface area contributed by atoms with Crippen LogP contribution in [-0.4, -0.2) is 38.2 Å². The van der Waals surface area contributed by atoms with Crippen molar-refractivity contribution in [3.63, 3.8) is 0 Å². The number of carbonyl (C=O) groups is 2. The molecule has 0 atom stereocenters. The highest BCUT2D eigenvalue weighted by Gasteiger charge is 2.18. The van der Waals surface area contributed by atoms with Crippen LogP contribution in [0, 0.1) is 0 Å². The Labute approximate surface area is 203 Å². The number of piperidine rings is 1. The molecular formula is C25H27N3O4S2. The number of sulfonamides is 1. The lowest BCUT2D eigenvalue weighted by molar-refractivity contribution is 0.0724. The van der Waals surface area contributed by atoms with E-state index < -0.39 is 10.0 Å². The summed E-state index contributed by atoms with van der Waals surface area (Å²) in [6, 6.07) is 16.9. The van der Waals surface area contributed by atoms with Gasteiger partial charge in [-0.15, -0.1) is 11.3 Å². The van der Waals surface area contributed by atoms with Crippen LogP contribution in [0.2, 0.25) is 0 Å². The van der Waals surface area contributed by atoms with Crippen molar-refractivity contribution in [1.29, 1.82) is 0 Å². The molecule has 4 rings (SSSR count). The van der Waals surface area contributed by atoms with Gasteiger partial charge in [0, 0.05) is 42.2 Å². The molecule has 1 aromatic heterocycles. The van der Waals surface area contributed by atoms with Crippen molar-refractivity contribution in [1.82, 2.24) is 14.9 Å². The van der Waals surface area contributed by atoms with E-state index in [1.807, 2.05) is 34.5 Å². The summed E-state index contributed by atoms with van der Waals surface area (Å²) >= 11 is 1.47. The highest BCUT2D eigenvalue weighted by Crippen LogP contribution is 2.16. The number of benzene rings is 2. The normalized spacial score (nSPS) is 14.1. The molecule has 0 radical (unpaired) electrons. The van der Waals surface area contributed by atoms with Crippen molar-refractivity contribution in [2.24, 2.45) is 0 Å². The number of hydrogen-bond donors (Lipinski definition) is 2. The summed E-state index contributed by atoms with van der Waals surface area (Å²) in [6.07, 6.45) is 3.26. The molecule has 1 aliphatic heterocycles. The van der Waals surface area contributed by atoms with Crippen LogP contribution in [-0.2, 0) is 23.1 Å². The summed E-state index contributed by atoms with van der Waals surface area (Å²) in [5.74, 6) is -0.329. The average molecular weight is 498 g/mol. The Morgan fingerprint density at radius 2 is 1.65 bits per heavy atom. The minimum Gasteiger partial charge on any atom is -0.348 e. The van der Waals surface area contributed by atoms with Gasteiger partial charge in [0.2, 0.25) is 10.0 Å². The molecule has 34 heavy (non-hydrogen) atoms. The Kier molecular flexibility index (Phi) is 7.77. The zero-order chi connectivity index (χ0) is 24.0. The first kappa shape index (κ1) is 24.1. The Morgan fingerprint density at radius 3 is 2.35 bits per heavy atom. The first-order chi connectivity index (χ1) is 16.4. The standard InChI is InChI=1S/C25H27N3O4S2/c29-24(21-6-4-8-23(16-21)34(31,32)27-18-22-7-5-15-33-22)26-17-19-9-11-20(12-10-19)25(30)28-13-2-1-3-14-28/h4-12,15-16,27H,1-3,13-14,17-18H2,(H,26,29). The Bertz CT molecular complexity index is 1230. The second-order valence-corrected chi connectivity index (χ2v) is 11.0. The second-order valence-electron chi connectivity index (χ2n) is 8.16. The lowest BCUT2D eigenvalue weighted by atomic mass is 10.1. The van der Waals surface area contributed by atoms with E-state index in [1.165, 1.54) is 29.9 Å². The predicted molar refractivity (Wildman–Crippen MR) is 132 cm³/mol. The van der Waals surface area contributed by atoms with Crippen LogP contribution in [0.25, 0.3) is 0 Å². The van der Waals surface area contributed by atoms with Gasteiger partial charge in [-0.1, -0.05) is 24.3 Å². The summed E-state index contributed by atoms with van der Waals surface area (Å²) in [7, 11) is -3.74. The zero-order valence-electron chi connectivity index (χ0n) is 18.7. The van der Waals surface area contributed by atoms with Gasteiger partial charge in [0.25, 0.3) is 11.8 Å². The van der Waals surface area contributed by atoms with Gasteiger partial charge in [-0.25, -0.2) is 13.1 Å². The fourth-order valence-electron chi connectivity index (χ4n) is 3.80. The smallest absolute Gasteiger partial charge is 0.253 e. The van der Waals surface area contributed by atoms with Crippen molar-refractivity contribution in [2.75, 3.05) is 13.1 Å². The van der Waals surface area contributed by atoms with Gasteiger partial charge in [0.05, 0.1) is 4.90 Å². The molecule has 1 fully saturated rings. The van der Waals surface area contributed by atoms with Crippen LogP contribution < -0.4 is 10.0 Å². The van der Waals surface area contributed by atoms with E-state index in [0.717, 1.165) is 36.4 Å². The van der Waals surface area contributed by atoms with Crippen molar-refractivity contribution in [3.05, 3.63) is 87.6 Å². The number of nitrogens with one attached hydrogen (secondary N) is 2. The van der Waals surface area contributed by atoms with Gasteiger partial charge >= 0.3 is 0 Å². The van der Waals surface area contributed by atoms with E-state index in [2.05, 4.69) is 10.0 Å². The molecule has 0 spiro atoms. The monoisotopic (exact) mass is 497 g/mol. The van der Waals surface area contributed by atoms with Crippen molar-refractivity contribution >= 4 is 33.2 Å². The molecule has 2 amide bonds. The molecule has 1 saturated heterocycles. The van der Waals surface area contributed by atoms with Crippen molar-refractivity contribution in [3.8, 4) is 0 Å². The molecular weight excluding hydrogens is 470 g/mol. The van der Waals surface area contributed by atoms with Crippen LogP contribution in [0.3, 0.4) is 0 Å². The maximum Gasteiger partial charge on any atom is 0.253 e. The van der Waals surface area contributed by atoms with E-state index in [0.29, 0.717) is 5.56 Å². The molecule has 2 heterocycles. The molecule has 2 aromatic carbocycles. The number of hydrogen-bond acceptors (Lipinski definition) is 5. The molecule has 9 heteroatoms. The molecule has 7 nitrogen and oxygen atoms in total. The summed E-state index contributed by atoms with van der Waals surface area (Å²) in [6.45, 7) is 2.07. The van der Waals surface area contributed by atoms with E-state index in [4.69, 9.17) is 0 Å². The molecule has 178 valence electrons. The van der Waals surface area contributed by atoms with E-state index in [-0.39, 0.29) is 35.4 Å². The summed E-state index contributed by atoms with van der Waals surface area (Å²) in [5.41, 5.74) is 1.76. The molecule has 2 N–H and O–H groups in total. The van der Waals surface area contributed by atoms with Crippen LogP contribution in [0.5, 0.6) is 0 Å². The van der Waals surface area contributed by atoms with Gasteiger partial charge in [-0.2, -0.15) is 0 Å². The predicted octanol–water partition coefficient (Wildman–Crippen LogP) is 3.78. The number of thiophene rings is 1. The number of carbonyl (C=O) groups excluding carboxylic acids is 2. The highest BCUT2D eigenvalue weighted by atomic mass is 32.2. The molecule has 0 aliphatic carbocycles. The molecule has 0 bridgehead atoms. The fourth-order valence-corrected chi connectivity index (χ4v) is 5.58. The molecule has 0 saturated carbocycles. The Morgan fingerprint density at radius 1 is 0.882 bits per heavy atom. The average Bonchev–Trinajstić information content (AvgIpc) is 3.40. The Balaban J connectivity index is 1.34. The third-order valence-corrected chi connectivity index (χ3v) is 8.00. The largest absolute Gasteiger partial charge is 0.348 e. The highest BCUT2D eigenvalue weighted by molar-refractivity contribution is 7.89. The van der Waals surface area contributed by atoms with E-state index in [1.54, 1.807) is 24.3 Å². The van der Waals surface area contributed by atoms with Crippen LogP contribution in [0.1, 0.15) is 50.4 Å². The zero-order valence-corrected chi connectivity index (χ0v) is 20.3. The van der Waals surface area contributed by atoms with Gasteiger partial charge in [0.1, 0.15) is 0 Å². The SMILES string of the molecule is O=C(NCc1ccc(C(=O)N2CCCCC2)cc1)c1cccc(S(=O)(=O)NCc2cccs2)c1. The van der Waals surface area contributed by atoms with Gasteiger partial charge in [0.15, 0.2) is 0 Å². The molecule has 3 aromatic rings. The number of rotatable bonds is 8. The first-order valence-electron chi connectivity index (χ1n) is 11.2. The van der Waals surface area contributed by atoms with Gasteiger partial charge in [-0.05, 0) is 66.6 Å². The molecule has 0 unspecified atom stereocenters. The summed E-state index contributed by atoms with van der Waals surface area (Å²) in [5, 5.41) is 4.70. The number of amides is 2. The van der Waals surface area contributed by atoms with Crippen LogP contribution in [0.15, 0.2) is 70.9 Å². The fraction of sp³-hybridized carbons (Fsp3) is 0.280. The van der Waals surface area contributed by atoms with Crippen molar-refractivity contribution < 1.29 is 18.0 Å². The third-order valence-electron chi connectivity index (χ3n) is 5.72. The third kappa shape index (κ3) is 6.11. The topological polar surface area (TPSA) is 95.6 Å². The van der Waals surface area contributed by atoms with Gasteiger partial charge < -0.3 is 10.2 Å². The maximum atomic E-state index is 12.6. The lowest BCUT2D eigenvalue weighted by Crippen LogP contribution is -2.35. The van der Waals surface area contributed by atoms with Crippen molar-refractivity contribution in [2.45, 2.75) is 37.2 Å². The minimum atomic E-state index is -3.74. The second kappa shape index (κ2) is 10.9. The van der Waals surface area contributed by atoms with E-state index in [9.17, 15) is 18.0 Å². The first-order valence-corrected chi connectivity index (χ1v) is 13.6. The number of likely N-dealkylation sites (tertiary alicyclic amines) is 1. The minimum absolute atomic E-state index is 0.0392. The lowest BCUT2D eigenvalue weighted by Gasteiger charge is -2.26. The summed E-state index contributed by atoms with van der Waals surface area (Å²) in [4.78, 5) is 28.1. The Hall–Kier alpha value is -3.01. The van der Waals surface area contributed by atoms with Gasteiger partial charge in [-0.3, -0.25) is 9.59 Å². The van der Waals surface area contributed by atoms with Crippen LogP contribution in [0.4, 0.5) is 0 Å². The number of nitrogens with zero attached hydrogens (tertiary/aromatic N) is 1. The van der Waals surface area contributed by atoms with E-state index >= 15 is 0 Å². The quantitative estimate of drug-likeness (QED) is 0.495. The maximum absolute atomic E-state index is 12.6. The van der Waals surface area contributed by atoms with Crippen LogP contribution >= 0.6 is 11.3 Å². The summed E-state index contributed by atoms with van der Waals surface area (Å²) < 4.78 is 27.8. The molecule has 1 aliphatic rings.